The summed E-state index contributed by atoms with van der Waals surface area (Å²) < 4.78 is 46.1. The van der Waals surface area contributed by atoms with Crippen molar-refractivity contribution in [3.05, 3.63) is 58.5 Å². The Labute approximate surface area is 284 Å². The van der Waals surface area contributed by atoms with Crippen molar-refractivity contribution in [1.29, 1.82) is 0 Å². The Balaban J connectivity index is 1.42. The number of hydrogen-bond donors (Lipinski definition) is 1. The van der Waals surface area contributed by atoms with E-state index >= 15 is 0 Å². The standard InChI is InChI=1S/C36H47F3N4O6/c1-25(21-36(37,38)39)30(45)42-15-14-35(48,34(23-42)12-8-9-13-34)24-43-22-28(27(20-29(43)44)26-10-6-5-7-11-26)31(46)40-16-18-41(19-17-40)32(47)49-33(2,3)4/h5-7,10-11,20,22,25,48H,8-9,12-19,21,23-24H2,1-4H3. The van der Waals surface area contributed by atoms with E-state index in [-0.39, 0.29) is 63.7 Å². The third-order valence-corrected chi connectivity index (χ3v) is 10.2. The lowest BCUT2D eigenvalue weighted by Crippen LogP contribution is -2.62. The average molecular weight is 689 g/mol. The Morgan fingerprint density at radius 3 is 2.12 bits per heavy atom. The van der Waals surface area contributed by atoms with E-state index in [1.54, 1.807) is 30.6 Å². The maximum atomic E-state index is 14.2. The summed E-state index contributed by atoms with van der Waals surface area (Å²) in [6, 6.07) is 10.5. The van der Waals surface area contributed by atoms with Crippen LogP contribution in [0.2, 0.25) is 0 Å². The van der Waals surface area contributed by atoms with Crippen molar-refractivity contribution in [2.24, 2.45) is 11.3 Å². The molecule has 13 heteroatoms. The van der Waals surface area contributed by atoms with Gasteiger partial charge in [-0.05, 0) is 45.6 Å². The van der Waals surface area contributed by atoms with Crippen molar-refractivity contribution in [2.75, 3.05) is 39.3 Å². The van der Waals surface area contributed by atoms with Gasteiger partial charge in [-0.3, -0.25) is 14.4 Å². The van der Waals surface area contributed by atoms with E-state index in [2.05, 4.69) is 0 Å². The quantitative estimate of drug-likeness (QED) is 0.440. The van der Waals surface area contributed by atoms with E-state index in [9.17, 15) is 37.5 Å². The molecule has 2 aromatic rings. The second kappa shape index (κ2) is 13.8. The topological polar surface area (TPSA) is 112 Å². The highest BCUT2D eigenvalue weighted by Crippen LogP contribution is 2.52. The minimum atomic E-state index is -4.47. The van der Waals surface area contributed by atoms with Gasteiger partial charge in [0.25, 0.3) is 11.5 Å². The van der Waals surface area contributed by atoms with E-state index in [1.807, 2.05) is 30.3 Å². The molecule has 2 atom stereocenters. The van der Waals surface area contributed by atoms with Gasteiger partial charge in [-0.25, -0.2) is 4.79 Å². The van der Waals surface area contributed by atoms with Gasteiger partial charge in [0.15, 0.2) is 0 Å². The van der Waals surface area contributed by atoms with Crippen LogP contribution in [0.25, 0.3) is 11.1 Å². The third-order valence-electron chi connectivity index (χ3n) is 10.2. The Bertz CT molecular complexity index is 1590. The van der Waals surface area contributed by atoms with Gasteiger partial charge in [-0.1, -0.05) is 50.1 Å². The number of ether oxygens (including phenoxy) is 1. The number of piperidine rings is 1. The molecule has 268 valence electrons. The van der Waals surface area contributed by atoms with Crippen LogP contribution in [-0.4, -0.2) is 98.9 Å². The summed E-state index contributed by atoms with van der Waals surface area (Å²) >= 11 is 0. The van der Waals surface area contributed by atoms with Crippen LogP contribution in [0.1, 0.15) is 76.6 Å². The summed E-state index contributed by atoms with van der Waals surface area (Å²) in [5, 5.41) is 12.3. The minimum Gasteiger partial charge on any atom is -0.444 e. The normalized spacial score (nSPS) is 21.9. The molecule has 1 aromatic heterocycles. The molecular weight excluding hydrogens is 641 g/mol. The summed E-state index contributed by atoms with van der Waals surface area (Å²) in [4.78, 5) is 58.3. The first-order valence-electron chi connectivity index (χ1n) is 17.1. The van der Waals surface area contributed by atoms with Crippen LogP contribution in [0.5, 0.6) is 0 Å². The fraction of sp³-hybridized carbons (Fsp3) is 0.611. The Morgan fingerprint density at radius 2 is 1.53 bits per heavy atom. The van der Waals surface area contributed by atoms with E-state index in [1.165, 1.54) is 28.7 Å². The molecule has 2 saturated heterocycles. The molecule has 1 saturated carbocycles. The molecule has 5 rings (SSSR count). The summed E-state index contributed by atoms with van der Waals surface area (Å²) in [7, 11) is 0. The van der Waals surface area contributed by atoms with Gasteiger partial charge in [-0.15, -0.1) is 0 Å². The number of hydrogen-bond acceptors (Lipinski definition) is 6. The lowest BCUT2D eigenvalue weighted by atomic mass is 9.65. The molecule has 1 aromatic carbocycles. The van der Waals surface area contributed by atoms with Crippen LogP contribution in [0.3, 0.4) is 0 Å². The first-order valence-corrected chi connectivity index (χ1v) is 17.1. The molecule has 3 fully saturated rings. The zero-order chi connectivity index (χ0) is 35.8. The van der Waals surface area contributed by atoms with Crippen molar-refractivity contribution in [2.45, 2.75) is 90.1 Å². The van der Waals surface area contributed by atoms with Crippen LogP contribution in [0.15, 0.2) is 47.4 Å². The van der Waals surface area contributed by atoms with Crippen LogP contribution in [0.4, 0.5) is 18.0 Å². The first kappa shape index (κ1) is 36.4. The lowest BCUT2D eigenvalue weighted by molar-refractivity contribution is -0.172. The van der Waals surface area contributed by atoms with E-state index in [0.717, 1.165) is 12.8 Å². The maximum absolute atomic E-state index is 14.2. The number of rotatable bonds is 6. The molecule has 0 bridgehead atoms. The van der Waals surface area contributed by atoms with Gasteiger partial charge in [0.2, 0.25) is 5.91 Å². The van der Waals surface area contributed by atoms with Crippen molar-refractivity contribution < 1.29 is 37.4 Å². The van der Waals surface area contributed by atoms with Gasteiger partial charge in [0, 0.05) is 68.4 Å². The largest absolute Gasteiger partial charge is 0.444 e. The maximum Gasteiger partial charge on any atom is 0.410 e. The molecule has 3 amide bonds. The SMILES string of the molecule is CC(CC(F)(F)F)C(=O)N1CCC(O)(Cn2cc(C(=O)N3CCN(C(=O)OC(C)(C)C)CC3)c(-c3ccccc3)cc2=O)C2(CCCC2)C1. The van der Waals surface area contributed by atoms with Crippen molar-refractivity contribution >= 4 is 17.9 Å². The van der Waals surface area contributed by atoms with Crippen LogP contribution in [0, 0.1) is 11.3 Å². The smallest absolute Gasteiger partial charge is 0.410 e. The van der Waals surface area contributed by atoms with Crippen LogP contribution < -0.4 is 5.56 Å². The molecule has 1 spiro atoms. The highest BCUT2D eigenvalue weighted by atomic mass is 19.4. The Kier molecular flexibility index (Phi) is 10.3. The zero-order valence-electron chi connectivity index (χ0n) is 28.7. The molecule has 0 radical (unpaired) electrons. The summed E-state index contributed by atoms with van der Waals surface area (Å²) in [6.07, 6.45) is -1.87. The predicted octanol–water partition coefficient (Wildman–Crippen LogP) is 5.32. The monoisotopic (exact) mass is 688 g/mol. The summed E-state index contributed by atoms with van der Waals surface area (Å²) in [6.45, 7) is 7.76. The van der Waals surface area contributed by atoms with Crippen LogP contribution >= 0.6 is 0 Å². The lowest BCUT2D eigenvalue weighted by Gasteiger charge is -2.52. The number of benzene rings is 1. The molecule has 10 nitrogen and oxygen atoms in total. The predicted molar refractivity (Wildman–Crippen MR) is 177 cm³/mol. The number of likely N-dealkylation sites (tertiary alicyclic amines) is 1. The molecule has 2 unspecified atom stereocenters. The second-order valence-corrected chi connectivity index (χ2v) is 14.9. The molecule has 1 aliphatic carbocycles. The van der Waals surface area contributed by atoms with Crippen molar-refractivity contribution in [3.8, 4) is 11.1 Å². The number of amides is 3. The Morgan fingerprint density at radius 1 is 0.918 bits per heavy atom. The van der Waals surface area contributed by atoms with Gasteiger partial charge in [0.1, 0.15) is 5.60 Å². The Hall–Kier alpha value is -3.87. The number of nitrogens with zero attached hydrogens (tertiary/aromatic N) is 4. The number of halogens is 3. The number of aliphatic hydroxyl groups is 1. The van der Waals surface area contributed by atoms with E-state index in [4.69, 9.17) is 4.74 Å². The number of carbonyl (C=O) groups excluding carboxylic acids is 3. The minimum absolute atomic E-state index is 0.0594. The fourth-order valence-electron chi connectivity index (χ4n) is 7.63. The number of pyridine rings is 1. The second-order valence-electron chi connectivity index (χ2n) is 14.9. The molecule has 1 N–H and O–H groups in total. The number of aromatic nitrogens is 1. The highest BCUT2D eigenvalue weighted by Gasteiger charge is 2.56. The van der Waals surface area contributed by atoms with E-state index < -0.39 is 52.7 Å². The summed E-state index contributed by atoms with van der Waals surface area (Å²) in [5.74, 6) is -2.15. The molecule has 2 aliphatic heterocycles. The number of alkyl halides is 3. The van der Waals surface area contributed by atoms with Gasteiger partial charge in [0.05, 0.1) is 24.1 Å². The zero-order valence-corrected chi connectivity index (χ0v) is 28.7. The van der Waals surface area contributed by atoms with Crippen LogP contribution in [-0.2, 0) is 16.1 Å². The summed E-state index contributed by atoms with van der Waals surface area (Å²) in [5.41, 5.74) is -1.92. The average Bonchev–Trinajstić information content (AvgIpc) is 3.51. The van der Waals surface area contributed by atoms with Crippen molar-refractivity contribution in [3.63, 3.8) is 0 Å². The molecule has 49 heavy (non-hydrogen) atoms. The van der Waals surface area contributed by atoms with Crippen molar-refractivity contribution in [1.82, 2.24) is 19.3 Å². The number of piperazine rings is 1. The highest BCUT2D eigenvalue weighted by molar-refractivity contribution is 6.00. The van der Waals surface area contributed by atoms with Gasteiger partial charge in [-0.2, -0.15) is 13.2 Å². The van der Waals surface area contributed by atoms with E-state index in [0.29, 0.717) is 24.0 Å². The number of carbonyl (C=O) groups is 3. The fourth-order valence-corrected chi connectivity index (χ4v) is 7.63. The third kappa shape index (κ3) is 8.13. The van der Waals surface area contributed by atoms with Gasteiger partial charge < -0.3 is 29.1 Å². The first-order chi connectivity index (χ1) is 22.9. The van der Waals surface area contributed by atoms with Gasteiger partial charge >= 0.3 is 12.3 Å². The molecule has 3 aliphatic rings. The molecule has 3 heterocycles. The molecular formula is C36H47F3N4O6.